The van der Waals surface area contributed by atoms with Crippen molar-refractivity contribution in [2.24, 2.45) is 0 Å². The van der Waals surface area contributed by atoms with E-state index in [9.17, 15) is 4.79 Å². The van der Waals surface area contributed by atoms with Crippen LogP contribution >= 0.6 is 0 Å². The van der Waals surface area contributed by atoms with Crippen molar-refractivity contribution in [1.29, 1.82) is 0 Å². The summed E-state index contributed by atoms with van der Waals surface area (Å²) in [5.41, 5.74) is 3.70. The van der Waals surface area contributed by atoms with E-state index < -0.39 is 6.10 Å². The van der Waals surface area contributed by atoms with Crippen LogP contribution < -0.4 is 4.74 Å². The van der Waals surface area contributed by atoms with Gasteiger partial charge in [-0.3, -0.25) is 4.79 Å². The molecule has 3 aromatic rings. The van der Waals surface area contributed by atoms with E-state index >= 15 is 0 Å². The van der Waals surface area contributed by atoms with Crippen molar-refractivity contribution in [2.45, 2.75) is 6.10 Å². The van der Waals surface area contributed by atoms with Crippen molar-refractivity contribution in [1.82, 2.24) is 0 Å². The van der Waals surface area contributed by atoms with Crippen LogP contribution in [0.15, 0.2) is 78.9 Å². The van der Waals surface area contributed by atoms with Crippen molar-refractivity contribution >= 4 is 5.78 Å². The molecule has 4 rings (SSSR count). The lowest BCUT2D eigenvalue weighted by Gasteiger charge is -2.27. The Labute approximate surface area is 129 Å². The van der Waals surface area contributed by atoms with Gasteiger partial charge in [-0.1, -0.05) is 72.8 Å². The molecule has 0 aromatic heterocycles. The molecule has 1 aliphatic rings. The lowest BCUT2D eigenvalue weighted by molar-refractivity contribution is 0.0788. The van der Waals surface area contributed by atoms with E-state index in [4.69, 9.17) is 4.74 Å². The molecule has 0 N–H and O–H groups in total. The highest BCUT2D eigenvalue weighted by atomic mass is 16.5. The first-order valence-electron chi connectivity index (χ1n) is 7.29. The largest absolute Gasteiger partial charge is 0.477 e. The maximum absolute atomic E-state index is 12.8. The number of fused-ring (bicyclic) bond motifs is 3. The van der Waals surface area contributed by atoms with E-state index in [1.165, 1.54) is 0 Å². The molecule has 3 aromatic carbocycles. The van der Waals surface area contributed by atoms with Gasteiger partial charge in [0, 0.05) is 16.7 Å². The van der Waals surface area contributed by atoms with Crippen LogP contribution in [-0.2, 0) is 0 Å². The van der Waals surface area contributed by atoms with E-state index in [1.54, 1.807) is 0 Å². The van der Waals surface area contributed by atoms with Gasteiger partial charge in [-0.2, -0.15) is 0 Å². The first-order valence-corrected chi connectivity index (χ1v) is 7.29. The summed E-state index contributed by atoms with van der Waals surface area (Å²) in [7, 11) is 0. The highest BCUT2D eigenvalue weighted by molar-refractivity contribution is 6.02. The van der Waals surface area contributed by atoms with Gasteiger partial charge in [-0.25, -0.2) is 0 Å². The molecule has 0 aliphatic carbocycles. The fourth-order valence-electron chi connectivity index (χ4n) is 2.90. The smallest absolute Gasteiger partial charge is 0.207 e. The van der Waals surface area contributed by atoms with Gasteiger partial charge in [-0.15, -0.1) is 0 Å². The second-order valence-corrected chi connectivity index (χ2v) is 5.31. The van der Waals surface area contributed by atoms with Crippen LogP contribution in [0.3, 0.4) is 0 Å². The molecule has 1 aliphatic heterocycles. The minimum Gasteiger partial charge on any atom is -0.477 e. The number of carbonyl (C=O) groups excluding carboxylic acids is 1. The predicted molar refractivity (Wildman–Crippen MR) is 86.0 cm³/mol. The van der Waals surface area contributed by atoms with Crippen molar-refractivity contribution in [2.75, 3.05) is 0 Å². The third-order valence-electron chi connectivity index (χ3n) is 3.96. The molecule has 22 heavy (non-hydrogen) atoms. The zero-order chi connectivity index (χ0) is 14.9. The van der Waals surface area contributed by atoms with Crippen LogP contribution in [0.1, 0.15) is 22.0 Å². The first kappa shape index (κ1) is 12.8. The van der Waals surface area contributed by atoms with E-state index in [-0.39, 0.29) is 5.78 Å². The van der Waals surface area contributed by atoms with E-state index in [1.807, 2.05) is 78.9 Å². The Bertz CT molecular complexity index is 837. The van der Waals surface area contributed by atoms with Crippen molar-refractivity contribution < 1.29 is 9.53 Å². The predicted octanol–water partition coefficient (Wildman–Crippen LogP) is 4.67. The molecule has 1 heterocycles. The summed E-state index contributed by atoms with van der Waals surface area (Å²) in [4.78, 5) is 12.8. The summed E-state index contributed by atoms with van der Waals surface area (Å²) in [5.74, 6) is 0.748. The lowest BCUT2D eigenvalue weighted by Crippen LogP contribution is -2.22. The van der Waals surface area contributed by atoms with E-state index in [0.717, 1.165) is 22.4 Å². The molecule has 106 valence electrons. The molecule has 0 saturated heterocycles. The summed E-state index contributed by atoms with van der Waals surface area (Å²) >= 11 is 0. The monoisotopic (exact) mass is 286 g/mol. The number of benzene rings is 3. The minimum atomic E-state index is -0.589. The summed E-state index contributed by atoms with van der Waals surface area (Å²) < 4.78 is 6.03. The molecule has 0 spiro atoms. The number of ether oxygens (including phenoxy) is 1. The van der Waals surface area contributed by atoms with Crippen LogP contribution in [-0.4, -0.2) is 5.78 Å². The first-order chi connectivity index (χ1) is 10.8. The third kappa shape index (κ3) is 2.01. The molecular formula is C20H14O2. The summed E-state index contributed by atoms with van der Waals surface area (Å²) in [6.45, 7) is 0. The Morgan fingerprint density at radius 1 is 0.727 bits per heavy atom. The molecule has 1 atom stereocenters. The molecule has 2 nitrogen and oxygen atoms in total. The fraction of sp³-hybridized carbons (Fsp3) is 0.0500. The molecular weight excluding hydrogens is 272 g/mol. The summed E-state index contributed by atoms with van der Waals surface area (Å²) in [6.07, 6.45) is -0.589. The summed E-state index contributed by atoms with van der Waals surface area (Å²) in [5, 5.41) is 0. The number of hydrogen-bond donors (Lipinski definition) is 0. The second-order valence-electron chi connectivity index (χ2n) is 5.31. The number of rotatable bonds is 2. The number of carbonyl (C=O) groups is 1. The molecule has 0 saturated carbocycles. The van der Waals surface area contributed by atoms with Gasteiger partial charge < -0.3 is 4.74 Å². The Balaban J connectivity index is 1.85. The average Bonchev–Trinajstić information content (AvgIpc) is 2.61. The SMILES string of the molecule is O=C(c1ccccc1)C1Oc2ccccc2-c2ccccc21. The number of ketones is 1. The molecule has 2 heteroatoms. The fourth-order valence-corrected chi connectivity index (χ4v) is 2.90. The van der Waals surface area contributed by atoms with Crippen LogP contribution in [0, 0.1) is 0 Å². The van der Waals surface area contributed by atoms with Crippen LogP contribution in [0.5, 0.6) is 5.75 Å². The van der Waals surface area contributed by atoms with Crippen molar-refractivity contribution in [3.05, 3.63) is 90.0 Å². The quantitative estimate of drug-likeness (QED) is 0.640. The van der Waals surface area contributed by atoms with Crippen LogP contribution in [0.4, 0.5) is 0 Å². The number of para-hydroxylation sites is 1. The van der Waals surface area contributed by atoms with Gasteiger partial charge in [0.15, 0.2) is 6.10 Å². The van der Waals surface area contributed by atoms with Gasteiger partial charge in [0.25, 0.3) is 0 Å². The Morgan fingerprint density at radius 2 is 1.36 bits per heavy atom. The van der Waals surface area contributed by atoms with Crippen molar-refractivity contribution in [3.8, 4) is 16.9 Å². The van der Waals surface area contributed by atoms with Crippen LogP contribution in [0.2, 0.25) is 0 Å². The highest BCUT2D eigenvalue weighted by Crippen LogP contribution is 2.42. The normalized spacial score (nSPS) is 15.4. The third-order valence-corrected chi connectivity index (χ3v) is 3.96. The lowest BCUT2D eigenvalue weighted by atomic mass is 9.89. The number of hydrogen-bond acceptors (Lipinski definition) is 2. The summed E-state index contributed by atoms with van der Waals surface area (Å²) in [6, 6.07) is 25.1. The van der Waals surface area contributed by atoms with Crippen LogP contribution in [0.25, 0.3) is 11.1 Å². The Morgan fingerprint density at radius 3 is 2.18 bits per heavy atom. The molecule has 0 bridgehead atoms. The van der Waals surface area contributed by atoms with Gasteiger partial charge in [-0.05, 0) is 11.6 Å². The number of Topliss-reactive ketones (excluding diaryl/α,β-unsaturated/α-hetero) is 1. The van der Waals surface area contributed by atoms with Crippen molar-refractivity contribution in [3.63, 3.8) is 0 Å². The van der Waals surface area contributed by atoms with Gasteiger partial charge >= 0.3 is 0 Å². The second kappa shape index (κ2) is 5.15. The molecule has 0 radical (unpaired) electrons. The van der Waals surface area contributed by atoms with Gasteiger partial charge in [0.1, 0.15) is 5.75 Å². The average molecular weight is 286 g/mol. The molecule has 0 fully saturated rings. The maximum Gasteiger partial charge on any atom is 0.207 e. The Kier molecular flexibility index (Phi) is 3.01. The highest BCUT2D eigenvalue weighted by Gasteiger charge is 2.31. The zero-order valence-electron chi connectivity index (χ0n) is 11.9. The Hall–Kier alpha value is -2.87. The standard InChI is InChI=1S/C20H14O2/c21-19(14-8-2-1-3-9-14)20-17-12-5-4-10-15(17)16-11-6-7-13-18(16)22-20/h1-13,20H. The minimum absolute atomic E-state index is 0.0115. The van der Waals surface area contributed by atoms with Gasteiger partial charge in [0.05, 0.1) is 0 Å². The maximum atomic E-state index is 12.8. The van der Waals surface area contributed by atoms with E-state index in [2.05, 4.69) is 0 Å². The topological polar surface area (TPSA) is 26.3 Å². The zero-order valence-corrected chi connectivity index (χ0v) is 11.9. The molecule has 0 amide bonds. The van der Waals surface area contributed by atoms with Gasteiger partial charge in [0.2, 0.25) is 5.78 Å². The van der Waals surface area contributed by atoms with E-state index in [0.29, 0.717) is 5.56 Å². The molecule has 1 unspecified atom stereocenters.